The fourth-order valence-corrected chi connectivity index (χ4v) is 0.835. The quantitative estimate of drug-likeness (QED) is 0.638. The van der Waals surface area contributed by atoms with Crippen LogP contribution < -0.4 is 0 Å². The van der Waals surface area contributed by atoms with E-state index in [9.17, 15) is 9.59 Å². The molecule has 0 N–H and O–H groups in total. The molecule has 0 aromatic carbocycles. The number of rotatable bonds is 4. The molecule has 0 bridgehead atoms. The maximum absolute atomic E-state index is 10.8. The molecule has 1 rings (SSSR count). The molecule has 0 amide bonds. The lowest BCUT2D eigenvalue weighted by atomic mass is 10.4. The molecule has 0 saturated carbocycles. The number of hydrogen-bond donors (Lipinski definition) is 0. The van der Waals surface area contributed by atoms with Crippen molar-refractivity contribution in [3.63, 3.8) is 0 Å². The first-order valence-corrected chi connectivity index (χ1v) is 4.35. The Morgan fingerprint density at radius 2 is 2.36 bits per heavy atom. The second kappa shape index (κ2) is 5.31. The number of ether oxygens (including phenoxy) is 4. The highest BCUT2D eigenvalue weighted by Crippen LogP contribution is 2.06. The van der Waals surface area contributed by atoms with Gasteiger partial charge < -0.3 is 18.9 Å². The van der Waals surface area contributed by atoms with Crippen LogP contribution >= 0.6 is 0 Å². The minimum Gasteiger partial charge on any atom is -0.434 e. The molecule has 0 radical (unpaired) electrons. The van der Waals surface area contributed by atoms with Crippen LogP contribution in [0.4, 0.5) is 9.59 Å². The van der Waals surface area contributed by atoms with Crippen molar-refractivity contribution in [2.45, 2.75) is 19.4 Å². The Morgan fingerprint density at radius 3 is 2.93 bits per heavy atom. The fraction of sp³-hybridized carbons (Fsp3) is 0.750. The van der Waals surface area contributed by atoms with Crippen LogP contribution in [-0.4, -0.2) is 38.2 Å². The standard InChI is InChI=1S/C8H12O6/c1-2-3-11-7(9)12-4-6-5-13-8(10)14-6/h6H,2-5H2,1H3. The molecular weight excluding hydrogens is 192 g/mol. The molecule has 1 unspecified atom stereocenters. The number of carbonyl (C=O) groups excluding carboxylic acids is 2. The highest BCUT2D eigenvalue weighted by atomic mass is 16.8. The van der Waals surface area contributed by atoms with Gasteiger partial charge in [0.15, 0.2) is 6.10 Å². The molecule has 80 valence electrons. The number of carbonyl (C=O) groups is 2. The maximum Gasteiger partial charge on any atom is 0.508 e. The largest absolute Gasteiger partial charge is 0.508 e. The third kappa shape index (κ3) is 3.51. The molecule has 1 fully saturated rings. The van der Waals surface area contributed by atoms with Crippen LogP contribution in [0.25, 0.3) is 0 Å². The summed E-state index contributed by atoms with van der Waals surface area (Å²) < 4.78 is 18.4. The van der Waals surface area contributed by atoms with Crippen LogP contribution in [0.3, 0.4) is 0 Å². The summed E-state index contributed by atoms with van der Waals surface area (Å²) in [4.78, 5) is 21.3. The lowest BCUT2D eigenvalue weighted by Gasteiger charge is -2.07. The zero-order valence-corrected chi connectivity index (χ0v) is 7.86. The Kier molecular flexibility index (Phi) is 4.03. The van der Waals surface area contributed by atoms with Gasteiger partial charge in [-0.3, -0.25) is 0 Å². The predicted octanol–water partition coefficient (Wildman–Crippen LogP) is 1.08. The Morgan fingerprint density at radius 1 is 1.57 bits per heavy atom. The van der Waals surface area contributed by atoms with E-state index in [1.54, 1.807) is 0 Å². The summed E-state index contributed by atoms with van der Waals surface area (Å²) >= 11 is 0. The van der Waals surface area contributed by atoms with E-state index >= 15 is 0 Å². The SMILES string of the molecule is CCCOC(=O)OCC1COC(=O)O1. The van der Waals surface area contributed by atoms with Crippen LogP contribution in [-0.2, 0) is 18.9 Å². The van der Waals surface area contributed by atoms with Gasteiger partial charge in [-0.1, -0.05) is 6.92 Å². The second-order valence-corrected chi connectivity index (χ2v) is 2.71. The van der Waals surface area contributed by atoms with Crippen LogP contribution in [0.1, 0.15) is 13.3 Å². The van der Waals surface area contributed by atoms with Gasteiger partial charge >= 0.3 is 12.3 Å². The number of cyclic esters (lactones) is 2. The molecule has 1 saturated heterocycles. The van der Waals surface area contributed by atoms with E-state index in [-0.39, 0.29) is 13.2 Å². The van der Waals surface area contributed by atoms with Gasteiger partial charge in [0.25, 0.3) is 0 Å². The molecule has 6 nitrogen and oxygen atoms in total. The van der Waals surface area contributed by atoms with E-state index in [2.05, 4.69) is 18.9 Å². The first kappa shape index (κ1) is 10.6. The molecule has 1 aliphatic rings. The zero-order valence-electron chi connectivity index (χ0n) is 7.86. The summed E-state index contributed by atoms with van der Waals surface area (Å²) in [6, 6.07) is 0. The third-order valence-electron chi connectivity index (χ3n) is 1.46. The number of hydrogen-bond acceptors (Lipinski definition) is 6. The monoisotopic (exact) mass is 204 g/mol. The van der Waals surface area contributed by atoms with Crippen molar-refractivity contribution in [3.05, 3.63) is 0 Å². The fourth-order valence-electron chi connectivity index (χ4n) is 0.835. The predicted molar refractivity (Wildman–Crippen MR) is 43.8 cm³/mol. The van der Waals surface area contributed by atoms with Gasteiger partial charge in [0.05, 0.1) is 6.61 Å². The van der Waals surface area contributed by atoms with Crippen LogP contribution in [0, 0.1) is 0 Å². The topological polar surface area (TPSA) is 71.1 Å². The normalized spacial score (nSPS) is 19.8. The van der Waals surface area contributed by atoms with Crippen molar-refractivity contribution < 1.29 is 28.5 Å². The second-order valence-electron chi connectivity index (χ2n) is 2.71. The zero-order chi connectivity index (χ0) is 10.4. The molecule has 0 aliphatic carbocycles. The maximum atomic E-state index is 10.8. The summed E-state index contributed by atoms with van der Waals surface area (Å²) in [7, 11) is 0. The van der Waals surface area contributed by atoms with Crippen LogP contribution in [0.5, 0.6) is 0 Å². The van der Waals surface area contributed by atoms with E-state index in [4.69, 9.17) is 0 Å². The molecule has 0 aromatic rings. The first-order chi connectivity index (χ1) is 6.72. The molecule has 6 heteroatoms. The minimum absolute atomic E-state index is 0.0334. The highest BCUT2D eigenvalue weighted by molar-refractivity contribution is 5.62. The van der Waals surface area contributed by atoms with Crippen molar-refractivity contribution in [2.75, 3.05) is 19.8 Å². The summed E-state index contributed by atoms with van der Waals surface area (Å²) in [5.41, 5.74) is 0. The molecule has 0 spiro atoms. The average Bonchev–Trinajstić information content (AvgIpc) is 2.58. The van der Waals surface area contributed by atoms with Gasteiger partial charge in [0.2, 0.25) is 0 Å². The van der Waals surface area contributed by atoms with Crippen molar-refractivity contribution in [1.82, 2.24) is 0 Å². The van der Waals surface area contributed by atoms with Crippen molar-refractivity contribution in [2.24, 2.45) is 0 Å². The lowest BCUT2D eigenvalue weighted by Crippen LogP contribution is -2.21. The molecule has 14 heavy (non-hydrogen) atoms. The summed E-state index contributed by atoms with van der Waals surface area (Å²) in [5, 5.41) is 0. The molecule has 0 aromatic heterocycles. The smallest absolute Gasteiger partial charge is 0.434 e. The Labute approximate surface area is 81.1 Å². The molecule has 1 heterocycles. The summed E-state index contributed by atoms with van der Waals surface area (Å²) in [6.07, 6.45) is -1.27. The van der Waals surface area contributed by atoms with Crippen molar-refractivity contribution in [3.8, 4) is 0 Å². The van der Waals surface area contributed by atoms with Gasteiger partial charge in [-0.2, -0.15) is 0 Å². The third-order valence-corrected chi connectivity index (χ3v) is 1.46. The van der Waals surface area contributed by atoms with Gasteiger partial charge in [-0.05, 0) is 6.42 Å². The average molecular weight is 204 g/mol. The van der Waals surface area contributed by atoms with Crippen molar-refractivity contribution in [1.29, 1.82) is 0 Å². The van der Waals surface area contributed by atoms with E-state index in [0.717, 1.165) is 6.42 Å². The summed E-state index contributed by atoms with van der Waals surface area (Å²) in [6.45, 7) is 2.27. The lowest BCUT2D eigenvalue weighted by molar-refractivity contribution is 0.0247. The van der Waals surface area contributed by atoms with Gasteiger partial charge in [-0.15, -0.1) is 0 Å². The molecule has 1 atom stereocenters. The summed E-state index contributed by atoms with van der Waals surface area (Å²) in [5.74, 6) is 0. The Hall–Kier alpha value is -1.46. The van der Waals surface area contributed by atoms with E-state index in [1.165, 1.54) is 0 Å². The van der Waals surface area contributed by atoms with Gasteiger partial charge in [0, 0.05) is 0 Å². The van der Waals surface area contributed by atoms with Crippen LogP contribution in [0.2, 0.25) is 0 Å². The first-order valence-electron chi connectivity index (χ1n) is 4.35. The van der Waals surface area contributed by atoms with E-state index in [1.807, 2.05) is 6.92 Å². The molecule has 1 aliphatic heterocycles. The Balaban J connectivity index is 2.08. The Bertz CT molecular complexity index is 214. The van der Waals surface area contributed by atoms with E-state index < -0.39 is 18.4 Å². The minimum atomic E-state index is -0.755. The van der Waals surface area contributed by atoms with Gasteiger partial charge in [-0.25, -0.2) is 9.59 Å². The molecular formula is C8H12O6. The van der Waals surface area contributed by atoms with E-state index in [0.29, 0.717) is 6.61 Å². The highest BCUT2D eigenvalue weighted by Gasteiger charge is 2.26. The van der Waals surface area contributed by atoms with Crippen LogP contribution in [0.15, 0.2) is 0 Å². The van der Waals surface area contributed by atoms with Gasteiger partial charge in [0.1, 0.15) is 13.2 Å². The van der Waals surface area contributed by atoms with Crippen molar-refractivity contribution >= 4 is 12.3 Å².